The fraction of sp³-hybridized carbons (Fsp3) is 0.250. The van der Waals surface area contributed by atoms with E-state index in [9.17, 15) is 9.90 Å². The van der Waals surface area contributed by atoms with Crippen molar-refractivity contribution in [3.8, 4) is 10.8 Å². The van der Waals surface area contributed by atoms with Gasteiger partial charge in [0.1, 0.15) is 11.2 Å². The van der Waals surface area contributed by atoms with Crippen LogP contribution in [0.3, 0.4) is 0 Å². The van der Waals surface area contributed by atoms with Gasteiger partial charge in [-0.1, -0.05) is 30.3 Å². The monoisotopic (exact) mass is 343 g/mol. The third kappa shape index (κ3) is 3.66. The molecule has 1 aromatic carbocycles. The van der Waals surface area contributed by atoms with Gasteiger partial charge < -0.3 is 10.4 Å². The van der Waals surface area contributed by atoms with Crippen molar-refractivity contribution in [3.05, 3.63) is 52.8 Å². The van der Waals surface area contributed by atoms with E-state index in [1.807, 2.05) is 30.3 Å². The number of rotatable bonds is 6. The van der Waals surface area contributed by atoms with E-state index in [4.69, 9.17) is 0 Å². The number of thiazole rings is 1. The first-order valence-corrected chi connectivity index (χ1v) is 8.31. The van der Waals surface area contributed by atoms with Crippen molar-refractivity contribution in [1.82, 2.24) is 25.5 Å². The number of hydrogen-bond acceptors (Lipinski definition) is 6. The minimum atomic E-state index is -0.598. The molecule has 124 valence electrons. The number of aliphatic hydroxyl groups is 1. The quantitative estimate of drug-likeness (QED) is 0.636. The summed E-state index contributed by atoms with van der Waals surface area (Å²) in [7, 11) is 0. The molecule has 8 heteroatoms. The van der Waals surface area contributed by atoms with E-state index in [1.165, 1.54) is 17.7 Å². The molecule has 0 aliphatic heterocycles. The molecule has 0 spiro atoms. The van der Waals surface area contributed by atoms with Crippen molar-refractivity contribution in [2.75, 3.05) is 6.54 Å². The van der Waals surface area contributed by atoms with Crippen molar-refractivity contribution in [2.45, 2.75) is 19.4 Å². The van der Waals surface area contributed by atoms with Crippen LogP contribution in [-0.4, -0.2) is 37.7 Å². The van der Waals surface area contributed by atoms with Gasteiger partial charge in [0.25, 0.3) is 5.91 Å². The summed E-state index contributed by atoms with van der Waals surface area (Å²) in [6.45, 7) is 2.16. The van der Waals surface area contributed by atoms with Gasteiger partial charge in [-0.25, -0.2) is 9.97 Å². The zero-order chi connectivity index (χ0) is 16.9. The second-order valence-electron chi connectivity index (χ2n) is 5.24. The highest BCUT2D eigenvalue weighted by atomic mass is 32.1. The fourth-order valence-electron chi connectivity index (χ4n) is 2.26. The summed E-state index contributed by atoms with van der Waals surface area (Å²) in [5.41, 5.74) is 1.49. The van der Waals surface area contributed by atoms with Crippen LogP contribution in [0.2, 0.25) is 0 Å². The number of nitrogens with zero attached hydrogens (tertiary/aromatic N) is 3. The number of aryl methyl sites for hydroxylation is 1. The molecule has 24 heavy (non-hydrogen) atoms. The van der Waals surface area contributed by atoms with Gasteiger partial charge in [0.15, 0.2) is 10.8 Å². The van der Waals surface area contributed by atoms with Crippen LogP contribution < -0.4 is 5.32 Å². The Labute approximate surface area is 142 Å². The Morgan fingerprint density at radius 3 is 2.88 bits per heavy atom. The highest BCUT2D eigenvalue weighted by Crippen LogP contribution is 2.25. The number of aliphatic hydroxyl groups excluding tert-OH is 1. The van der Waals surface area contributed by atoms with Crippen LogP contribution >= 0.6 is 11.3 Å². The van der Waals surface area contributed by atoms with Gasteiger partial charge in [-0.3, -0.25) is 9.89 Å². The maximum Gasteiger partial charge on any atom is 0.263 e. The summed E-state index contributed by atoms with van der Waals surface area (Å²) in [6, 6.07) is 9.38. The van der Waals surface area contributed by atoms with Crippen LogP contribution in [0.15, 0.2) is 36.7 Å². The molecule has 0 bridgehead atoms. The minimum absolute atomic E-state index is 0.198. The molecule has 0 aliphatic rings. The third-order valence-corrected chi connectivity index (χ3v) is 4.67. The van der Waals surface area contributed by atoms with E-state index in [0.29, 0.717) is 34.4 Å². The summed E-state index contributed by atoms with van der Waals surface area (Å²) < 4.78 is 0. The average Bonchev–Trinajstić information content (AvgIpc) is 3.25. The van der Waals surface area contributed by atoms with Crippen LogP contribution in [-0.2, 0) is 0 Å². The van der Waals surface area contributed by atoms with Crippen LogP contribution in [0.25, 0.3) is 10.8 Å². The van der Waals surface area contributed by atoms with E-state index in [1.54, 1.807) is 6.92 Å². The summed E-state index contributed by atoms with van der Waals surface area (Å²) >= 11 is 1.26. The molecule has 0 aliphatic carbocycles. The van der Waals surface area contributed by atoms with Gasteiger partial charge in [0.05, 0.1) is 11.8 Å². The van der Waals surface area contributed by atoms with Gasteiger partial charge in [0, 0.05) is 6.54 Å². The molecule has 3 aromatic rings. The average molecular weight is 343 g/mol. The number of aromatic amines is 1. The lowest BCUT2D eigenvalue weighted by Crippen LogP contribution is -2.25. The number of carbonyl (C=O) groups is 1. The molecule has 1 amide bonds. The second kappa shape index (κ2) is 7.33. The number of benzene rings is 1. The number of carbonyl (C=O) groups excluding carboxylic acids is 1. The number of nitrogens with one attached hydrogen (secondary N) is 2. The second-order valence-corrected chi connectivity index (χ2v) is 6.24. The molecule has 1 atom stereocenters. The maximum atomic E-state index is 12.3. The van der Waals surface area contributed by atoms with Crippen molar-refractivity contribution in [2.24, 2.45) is 0 Å². The molecule has 2 aromatic heterocycles. The number of amides is 1. The molecule has 3 N–H and O–H groups in total. The number of hydrogen-bond donors (Lipinski definition) is 3. The maximum absolute atomic E-state index is 12.3. The first-order valence-electron chi connectivity index (χ1n) is 7.49. The highest BCUT2D eigenvalue weighted by molar-refractivity contribution is 7.17. The summed E-state index contributed by atoms with van der Waals surface area (Å²) in [5.74, 6) is 0.345. The lowest BCUT2D eigenvalue weighted by atomic mass is 10.1. The summed E-state index contributed by atoms with van der Waals surface area (Å²) in [5, 5.41) is 20.1. The van der Waals surface area contributed by atoms with E-state index in [0.717, 1.165) is 5.56 Å². The molecule has 3 rings (SSSR count). The largest absolute Gasteiger partial charge is 0.388 e. The van der Waals surface area contributed by atoms with Crippen molar-refractivity contribution >= 4 is 17.2 Å². The van der Waals surface area contributed by atoms with E-state index < -0.39 is 6.10 Å². The van der Waals surface area contributed by atoms with Crippen molar-refractivity contribution < 1.29 is 9.90 Å². The van der Waals surface area contributed by atoms with Gasteiger partial charge in [-0.15, -0.1) is 11.3 Å². The third-order valence-electron chi connectivity index (χ3n) is 3.51. The number of aromatic nitrogens is 4. The first kappa shape index (κ1) is 16.3. The van der Waals surface area contributed by atoms with Gasteiger partial charge in [0.2, 0.25) is 0 Å². The Hall–Kier alpha value is -2.58. The Bertz CT molecular complexity index is 801. The normalized spacial score (nSPS) is 12.1. The van der Waals surface area contributed by atoms with E-state index in [-0.39, 0.29) is 5.91 Å². The fourth-order valence-corrected chi connectivity index (χ4v) is 3.19. The van der Waals surface area contributed by atoms with Gasteiger partial charge in [-0.2, -0.15) is 5.10 Å². The molecule has 7 nitrogen and oxygen atoms in total. The molecular weight excluding hydrogens is 326 g/mol. The molecule has 1 unspecified atom stereocenters. The zero-order valence-corrected chi connectivity index (χ0v) is 13.9. The van der Waals surface area contributed by atoms with Crippen LogP contribution in [0.1, 0.15) is 33.5 Å². The number of H-pyrrole nitrogens is 1. The molecule has 0 radical (unpaired) electrons. The van der Waals surface area contributed by atoms with Crippen molar-refractivity contribution in [1.29, 1.82) is 0 Å². The highest BCUT2D eigenvalue weighted by Gasteiger charge is 2.17. The predicted molar refractivity (Wildman–Crippen MR) is 90.6 cm³/mol. The SMILES string of the molecule is Cc1nc(-c2ncn[nH]2)sc1C(=O)NCCC(O)c1ccccc1. The standard InChI is InChI=1S/C16H17N5O2S/c1-10-13(24-16(20-10)14-18-9-19-21-14)15(23)17-8-7-12(22)11-5-3-2-4-6-11/h2-6,9,12,22H,7-8H2,1H3,(H,17,23)(H,18,19,21). The van der Waals surface area contributed by atoms with Crippen LogP contribution in [0.5, 0.6) is 0 Å². The van der Waals surface area contributed by atoms with E-state index >= 15 is 0 Å². The van der Waals surface area contributed by atoms with Gasteiger partial charge in [-0.05, 0) is 18.9 Å². The Morgan fingerprint density at radius 1 is 1.38 bits per heavy atom. The molecule has 2 heterocycles. The predicted octanol–water partition coefficient (Wildman–Crippen LogP) is 2.09. The smallest absolute Gasteiger partial charge is 0.263 e. The minimum Gasteiger partial charge on any atom is -0.388 e. The molecule has 0 fully saturated rings. The Kier molecular flexibility index (Phi) is 4.97. The molecular formula is C16H17N5O2S. The lowest BCUT2D eigenvalue weighted by molar-refractivity contribution is 0.0946. The summed E-state index contributed by atoms with van der Waals surface area (Å²) in [6.07, 6.45) is 1.25. The zero-order valence-electron chi connectivity index (χ0n) is 13.1. The topological polar surface area (TPSA) is 104 Å². The molecule has 0 saturated carbocycles. The van der Waals surface area contributed by atoms with Crippen molar-refractivity contribution in [3.63, 3.8) is 0 Å². The van der Waals surface area contributed by atoms with E-state index in [2.05, 4.69) is 25.5 Å². The van der Waals surface area contributed by atoms with Crippen LogP contribution in [0.4, 0.5) is 0 Å². The first-order chi connectivity index (χ1) is 11.6. The lowest BCUT2D eigenvalue weighted by Gasteiger charge is -2.11. The summed E-state index contributed by atoms with van der Waals surface area (Å²) in [4.78, 5) is 21.2. The van der Waals surface area contributed by atoms with Crippen LogP contribution in [0, 0.1) is 6.92 Å². The Balaban J connectivity index is 1.58. The van der Waals surface area contributed by atoms with Gasteiger partial charge >= 0.3 is 0 Å². The molecule has 0 saturated heterocycles. The Morgan fingerprint density at radius 2 is 2.17 bits per heavy atom.